The summed E-state index contributed by atoms with van der Waals surface area (Å²) in [4.78, 5) is 0. The maximum Gasteiger partial charge on any atom is 0.0690 e. The molecule has 0 bridgehead atoms. The molecule has 1 saturated carbocycles. The third kappa shape index (κ3) is 3.32. The first kappa shape index (κ1) is 13.1. The second-order valence-corrected chi connectivity index (χ2v) is 6.06. The molecular weight excluding hydrogens is 278 g/mol. The van der Waals surface area contributed by atoms with Crippen LogP contribution < -0.4 is 5.73 Å². The molecule has 2 N–H and O–H groups in total. The maximum absolute atomic E-state index is 6.33. The number of halogens is 1. The largest absolute Gasteiger partial charge is 0.323 e. The standard InChI is InChI=1S/C13H22BrN3/c1-17-13(11(14)9-16-17)12(15)8-10-6-4-2-3-5-7-10/h9-10,12H,2-8,15H2,1H3. The van der Waals surface area contributed by atoms with Gasteiger partial charge in [0.15, 0.2) is 0 Å². The van der Waals surface area contributed by atoms with E-state index in [1.165, 1.54) is 38.5 Å². The van der Waals surface area contributed by atoms with Gasteiger partial charge in [0.2, 0.25) is 0 Å². The van der Waals surface area contributed by atoms with Crippen LogP contribution in [0.5, 0.6) is 0 Å². The van der Waals surface area contributed by atoms with Gasteiger partial charge in [-0.2, -0.15) is 5.10 Å². The van der Waals surface area contributed by atoms with Gasteiger partial charge in [-0.15, -0.1) is 0 Å². The highest BCUT2D eigenvalue weighted by molar-refractivity contribution is 9.10. The molecule has 1 atom stereocenters. The molecule has 0 spiro atoms. The van der Waals surface area contributed by atoms with Crippen molar-refractivity contribution in [3.05, 3.63) is 16.4 Å². The average Bonchev–Trinajstić information content (AvgIpc) is 2.53. The fourth-order valence-electron chi connectivity index (χ4n) is 2.91. The first-order valence-corrected chi connectivity index (χ1v) is 7.40. The molecule has 1 aromatic heterocycles. The summed E-state index contributed by atoms with van der Waals surface area (Å²) in [5.74, 6) is 0.800. The van der Waals surface area contributed by atoms with Gasteiger partial charge in [0.1, 0.15) is 0 Å². The molecule has 0 aromatic carbocycles. The summed E-state index contributed by atoms with van der Waals surface area (Å²) < 4.78 is 2.94. The van der Waals surface area contributed by atoms with E-state index in [4.69, 9.17) is 5.73 Å². The molecule has 1 aliphatic rings. The molecule has 0 saturated heterocycles. The molecular formula is C13H22BrN3. The fraction of sp³-hybridized carbons (Fsp3) is 0.769. The van der Waals surface area contributed by atoms with Crippen molar-refractivity contribution in [3.8, 4) is 0 Å². The van der Waals surface area contributed by atoms with E-state index >= 15 is 0 Å². The molecule has 1 aromatic rings. The number of aromatic nitrogens is 2. The Balaban J connectivity index is 1.98. The summed E-state index contributed by atoms with van der Waals surface area (Å²) >= 11 is 3.53. The molecule has 1 unspecified atom stereocenters. The Morgan fingerprint density at radius 1 is 1.41 bits per heavy atom. The molecule has 0 aliphatic heterocycles. The van der Waals surface area contributed by atoms with Crippen LogP contribution >= 0.6 is 15.9 Å². The highest BCUT2D eigenvalue weighted by Gasteiger charge is 2.20. The van der Waals surface area contributed by atoms with Crippen LogP contribution in [0.4, 0.5) is 0 Å². The Morgan fingerprint density at radius 2 is 2.06 bits per heavy atom. The molecule has 0 radical (unpaired) electrons. The third-order valence-corrected chi connectivity index (χ3v) is 4.46. The molecule has 2 rings (SSSR count). The molecule has 17 heavy (non-hydrogen) atoms. The van der Waals surface area contributed by atoms with E-state index < -0.39 is 0 Å². The number of rotatable bonds is 3. The molecule has 1 heterocycles. The van der Waals surface area contributed by atoms with Crippen LogP contribution in [0, 0.1) is 5.92 Å². The summed E-state index contributed by atoms with van der Waals surface area (Å²) in [6, 6.07) is 0.111. The minimum Gasteiger partial charge on any atom is -0.323 e. The van der Waals surface area contributed by atoms with Crippen LogP contribution in [-0.2, 0) is 7.05 Å². The molecule has 1 aliphatic carbocycles. The number of hydrogen-bond acceptors (Lipinski definition) is 2. The zero-order valence-corrected chi connectivity index (χ0v) is 12.1. The summed E-state index contributed by atoms with van der Waals surface area (Å²) in [6.07, 6.45) is 11.2. The average molecular weight is 300 g/mol. The molecule has 1 fully saturated rings. The number of aryl methyl sites for hydroxylation is 1. The van der Waals surface area contributed by atoms with E-state index in [0.717, 1.165) is 22.5 Å². The van der Waals surface area contributed by atoms with Crippen LogP contribution in [0.25, 0.3) is 0 Å². The molecule has 0 amide bonds. The third-order valence-electron chi connectivity index (χ3n) is 3.85. The van der Waals surface area contributed by atoms with E-state index in [1.54, 1.807) is 0 Å². The van der Waals surface area contributed by atoms with Gasteiger partial charge in [0.25, 0.3) is 0 Å². The molecule has 4 heteroatoms. The van der Waals surface area contributed by atoms with Crippen LogP contribution in [0.2, 0.25) is 0 Å². The van der Waals surface area contributed by atoms with Crippen molar-refractivity contribution in [1.82, 2.24) is 9.78 Å². The van der Waals surface area contributed by atoms with E-state index in [-0.39, 0.29) is 6.04 Å². The Hall–Kier alpha value is -0.350. The highest BCUT2D eigenvalue weighted by atomic mass is 79.9. The fourth-order valence-corrected chi connectivity index (χ4v) is 3.55. The SMILES string of the molecule is Cn1ncc(Br)c1C(N)CC1CCCCCC1. The minimum atomic E-state index is 0.111. The quantitative estimate of drug-likeness (QED) is 0.868. The monoisotopic (exact) mass is 299 g/mol. The Bertz CT molecular complexity index is 334. The van der Waals surface area contributed by atoms with Gasteiger partial charge in [-0.3, -0.25) is 4.68 Å². The predicted molar refractivity (Wildman–Crippen MR) is 73.6 cm³/mol. The smallest absolute Gasteiger partial charge is 0.0690 e. The first-order valence-electron chi connectivity index (χ1n) is 6.61. The highest BCUT2D eigenvalue weighted by Crippen LogP contribution is 2.32. The van der Waals surface area contributed by atoms with Crippen molar-refractivity contribution in [2.45, 2.75) is 51.0 Å². The summed E-state index contributed by atoms with van der Waals surface area (Å²) in [5, 5.41) is 4.24. The Kier molecular flexibility index (Phi) is 4.62. The van der Waals surface area contributed by atoms with Crippen molar-refractivity contribution in [1.29, 1.82) is 0 Å². The number of hydrogen-bond donors (Lipinski definition) is 1. The van der Waals surface area contributed by atoms with E-state index in [2.05, 4.69) is 21.0 Å². The van der Waals surface area contributed by atoms with Gasteiger partial charge in [-0.25, -0.2) is 0 Å². The zero-order valence-electron chi connectivity index (χ0n) is 10.5. The van der Waals surface area contributed by atoms with E-state index in [1.807, 2.05) is 17.9 Å². The second-order valence-electron chi connectivity index (χ2n) is 5.20. The van der Waals surface area contributed by atoms with Crippen LogP contribution in [0.15, 0.2) is 10.7 Å². The van der Waals surface area contributed by atoms with Gasteiger partial charge in [0.05, 0.1) is 16.4 Å². The van der Waals surface area contributed by atoms with Crippen LogP contribution in [0.3, 0.4) is 0 Å². The number of nitrogens with zero attached hydrogens (tertiary/aromatic N) is 2. The summed E-state index contributed by atoms with van der Waals surface area (Å²) in [6.45, 7) is 0. The lowest BCUT2D eigenvalue weighted by atomic mass is 9.92. The second kappa shape index (κ2) is 6.01. The van der Waals surface area contributed by atoms with Crippen LogP contribution in [-0.4, -0.2) is 9.78 Å². The van der Waals surface area contributed by atoms with Crippen molar-refractivity contribution in [2.24, 2.45) is 18.7 Å². The number of nitrogens with two attached hydrogens (primary N) is 1. The van der Waals surface area contributed by atoms with Crippen molar-refractivity contribution < 1.29 is 0 Å². The topological polar surface area (TPSA) is 43.8 Å². The normalized spacial score (nSPS) is 20.2. The minimum absolute atomic E-state index is 0.111. The van der Waals surface area contributed by atoms with Gasteiger partial charge in [-0.1, -0.05) is 38.5 Å². The lowest BCUT2D eigenvalue weighted by Gasteiger charge is -2.20. The van der Waals surface area contributed by atoms with Gasteiger partial charge in [-0.05, 0) is 28.3 Å². The van der Waals surface area contributed by atoms with Gasteiger partial charge < -0.3 is 5.73 Å². The van der Waals surface area contributed by atoms with Crippen LogP contribution in [0.1, 0.15) is 56.7 Å². The van der Waals surface area contributed by atoms with E-state index in [9.17, 15) is 0 Å². The Morgan fingerprint density at radius 3 is 2.59 bits per heavy atom. The van der Waals surface area contributed by atoms with Crippen molar-refractivity contribution >= 4 is 15.9 Å². The van der Waals surface area contributed by atoms with Gasteiger partial charge in [0, 0.05) is 13.1 Å². The van der Waals surface area contributed by atoms with Crippen molar-refractivity contribution in [2.75, 3.05) is 0 Å². The predicted octanol–water partition coefficient (Wildman–Crippen LogP) is 3.54. The van der Waals surface area contributed by atoms with Crippen molar-refractivity contribution in [3.63, 3.8) is 0 Å². The zero-order chi connectivity index (χ0) is 12.3. The molecule has 96 valence electrons. The molecule has 3 nitrogen and oxygen atoms in total. The Labute approximate surface area is 112 Å². The maximum atomic E-state index is 6.33. The summed E-state index contributed by atoms with van der Waals surface area (Å²) in [5.41, 5.74) is 7.47. The van der Waals surface area contributed by atoms with E-state index in [0.29, 0.717) is 0 Å². The summed E-state index contributed by atoms with van der Waals surface area (Å²) in [7, 11) is 1.97. The lowest BCUT2D eigenvalue weighted by Crippen LogP contribution is -2.19. The first-order chi connectivity index (χ1) is 8.18. The lowest BCUT2D eigenvalue weighted by molar-refractivity contribution is 0.384. The van der Waals surface area contributed by atoms with Gasteiger partial charge >= 0.3 is 0 Å².